The van der Waals surface area contributed by atoms with Crippen LogP contribution >= 0.6 is 0 Å². The van der Waals surface area contributed by atoms with Gasteiger partial charge in [0.2, 0.25) is 0 Å². The van der Waals surface area contributed by atoms with Crippen molar-refractivity contribution < 1.29 is 19.4 Å². The van der Waals surface area contributed by atoms with Crippen LogP contribution in [0.4, 0.5) is 5.69 Å². The molecule has 1 fully saturated rings. The van der Waals surface area contributed by atoms with Crippen LogP contribution in [0.5, 0.6) is 5.75 Å². The summed E-state index contributed by atoms with van der Waals surface area (Å²) < 4.78 is 5.21. The van der Waals surface area contributed by atoms with Gasteiger partial charge in [0.1, 0.15) is 11.8 Å². The molecule has 1 amide bonds. The predicted molar refractivity (Wildman–Crippen MR) is 120 cm³/mol. The summed E-state index contributed by atoms with van der Waals surface area (Å²) in [6, 6.07) is 13.9. The summed E-state index contributed by atoms with van der Waals surface area (Å²) in [5.41, 5.74) is 7.98. The molecule has 0 aliphatic heterocycles. The lowest BCUT2D eigenvalue weighted by molar-refractivity contribution is -0.138. The Hall–Kier alpha value is -2.90. The molecule has 1 atom stereocenters. The number of anilines is 1. The summed E-state index contributed by atoms with van der Waals surface area (Å²) in [4.78, 5) is 26.2. The van der Waals surface area contributed by atoms with Crippen molar-refractivity contribution in [3.8, 4) is 5.75 Å². The number of carboxylic acid groups (broad SMARTS) is 1. The number of aliphatic carboxylic acids is 1. The molecule has 1 aliphatic carbocycles. The number of nitrogens with zero attached hydrogens (tertiary/aromatic N) is 1. The first-order valence-electron chi connectivity index (χ1n) is 10.7. The molecule has 3 rings (SSSR count). The van der Waals surface area contributed by atoms with Crippen molar-refractivity contribution in [2.45, 2.75) is 38.3 Å². The Morgan fingerprint density at radius 2 is 2.00 bits per heavy atom. The van der Waals surface area contributed by atoms with Gasteiger partial charge < -0.3 is 20.9 Å². The Morgan fingerprint density at radius 1 is 1.23 bits per heavy atom. The summed E-state index contributed by atoms with van der Waals surface area (Å²) in [7, 11) is 1.57. The van der Waals surface area contributed by atoms with Gasteiger partial charge in [-0.15, -0.1) is 0 Å². The summed E-state index contributed by atoms with van der Waals surface area (Å²) in [6.07, 6.45) is 4.05. The molecule has 31 heavy (non-hydrogen) atoms. The van der Waals surface area contributed by atoms with Gasteiger partial charge in [0.25, 0.3) is 5.91 Å². The van der Waals surface area contributed by atoms with Crippen LogP contribution in [0.3, 0.4) is 0 Å². The minimum Gasteiger partial charge on any atom is -0.497 e. The van der Waals surface area contributed by atoms with Crippen LogP contribution in [0.1, 0.15) is 41.6 Å². The second kappa shape index (κ2) is 10.9. The molecule has 4 N–H and O–H groups in total. The molecule has 0 bridgehead atoms. The first kappa shape index (κ1) is 22.8. The number of methoxy groups -OCH3 is 1. The SMILES string of the molecule is COc1cccc(C(=O)Nc2ccccc2CN(CCC(N)C(=O)O)CC2CCC2)c1. The van der Waals surface area contributed by atoms with Crippen molar-refractivity contribution in [1.82, 2.24) is 4.90 Å². The number of nitrogens with two attached hydrogens (primary N) is 1. The number of para-hydroxylation sites is 1. The number of rotatable bonds is 11. The maximum atomic E-state index is 12.8. The number of hydrogen-bond donors (Lipinski definition) is 3. The Kier molecular flexibility index (Phi) is 8.03. The molecule has 2 aromatic rings. The van der Waals surface area contributed by atoms with Crippen molar-refractivity contribution in [2.24, 2.45) is 11.7 Å². The number of carbonyl (C=O) groups is 2. The van der Waals surface area contributed by atoms with Crippen LogP contribution < -0.4 is 15.8 Å². The van der Waals surface area contributed by atoms with E-state index in [1.165, 1.54) is 19.3 Å². The van der Waals surface area contributed by atoms with Crippen molar-refractivity contribution >= 4 is 17.6 Å². The zero-order valence-electron chi connectivity index (χ0n) is 17.9. The maximum Gasteiger partial charge on any atom is 0.320 e. The molecule has 166 valence electrons. The lowest BCUT2D eigenvalue weighted by Gasteiger charge is -2.33. The number of carboxylic acids is 1. The predicted octanol–water partition coefficient (Wildman–Crippen LogP) is 3.35. The van der Waals surface area contributed by atoms with Gasteiger partial charge in [-0.05, 0) is 55.0 Å². The van der Waals surface area contributed by atoms with Gasteiger partial charge >= 0.3 is 5.97 Å². The average Bonchev–Trinajstić information content (AvgIpc) is 2.75. The molecule has 7 heteroatoms. The number of carbonyl (C=O) groups excluding carboxylic acids is 1. The monoisotopic (exact) mass is 425 g/mol. The van der Waals surface area contributed by atoms with Gasteiger partial charge in [-0.3, -0.25) is 14.5 Å². The van der Waals surface area contributed by atoms with Crippen molar-refractivity contribution in [3.05, 3.63) is 59.7 Å². The van der Waals surface area contributed by atoms with Crippen LogP contribution in [-0.4, -0.2) is 48.1 Å². The van der Waals surface area contributed by atoms with E-state index in [0.29, 0.717) is 36.7 Å². The number of amides is 1. The van der Waals surface area contributed by atoms with Crippen LogP contribution in [0.2, 0.25) is 0 Å². The lowest BCUT2D eigenvalue weighted by Crippen LogP contribution is -2.38. The molecule has 2 aromatic carbocycles. The zero-order valence-corrected chi connectivity index (χ0v) is 17.9. The number of hydrogen-bond acceptors (Lipinski definition) is 5. The van der Waals surface area contributed by atoms with Crippen LogP contribution in [0.25, 0.3) is 0 Å². The molecule has 0 heterocycles. The Labute approximate surface area is 183 Å². The molecule has 1 aliphatic rings. The molecule has 0 aromatic heterocycles. The molecule has 0 saturated heterocycles. The van der Waals surface area contributed by atoms with Crippen molar-refractivity contribution in [1.29, 1.82) is 0 Å². The summed E-state index contributed by atoms with van der Waals surface area (Å²) in [6.45, 7) is 2.13. The Bertz CT molecular complexity index is 898. The van der Waals surface area contributed by atoms with E-state index in [1.54, 1.807) is 31.4 Å². The fourth-order valence-electron chi connectivity index (χ4n) is 3.70. The molecule has 7 nitrogen and oxygen atoms in total. The summed E-state index contributed by atoms with van der Waals surface area (Å²) in [5, 5.41) is 12.1. The van der Waals surface area contributed by atoms with Crippen molar-refractivity contribution in [3.63, 3.8) is 0 Å². The number of benzene rings is 2. The molecule has 0 spiro atoms. The van der Waals surface area contributed by atoms with Crippen LogP contribution in [0, 0.1) is 5.92 Å². The number of nitrogens with one attached hydrogen (secondary N) is 1. The van der Waals surface area contributed by atoms with Crippen LogP contribution in [0.15, 0.2) is 48.5 Å². The minimum absolute atomic E-state index is 0.204. The van der Waals surface area contributed by atoms with E-state index in [-0.39, 0.29) is 5.91 Å². The number of ether oxygens (including phenoxy) is 1. The fraction of sp³-hybridized carbons (Fsp3) is 0.417. The highest BCUT2D eigenvalue weighted by molar-refractivity contribution is 6.04. The second-order valence-corrected chi connectivity index (χ2v) is 8.11. The van der Waals surface area contributed by atoms with Gasteiger partial charge in [0, 0.05) is 30.9 Å². The normalized spacial score (nSPS) is 14.7. The lowest BCUT2D eigenvalue weighted by atomic mass is 9.85. The van der Waals surface area contributed by atoms with Gasteiger partial charge in [-0.1, -0.05) is 30.7 Å². The second-order valence-electron chi connectivity index (χ2n) is 8.11. The average molecular weight is 426 g/mol. The third kappa shape index (κ3) is 6.54. The quantitative estimate of drug-likeness (QED) is 0.510. The van der Waals surface area contributed by atoms with E-state index in [9.17, 15) is 9.59 Å². The third-order valence-corrected chi connectivity index (χ3v) is 5.81. The fourth-order valence-corrected chi connectivity index (χ4v) is 3.70. The van der Waals surface area contributed by atoms with Gasteiger partial charge in [0.15, 0.2) is 0 Å². The van der Waals surface area contributed by atoms with E-state index in [4.69, 9.17) is 15.6 Å². The van der Waals surface area contributed by atoms with Gasteiger partial charge in [-0.2, -0.15) is 0 Å². The van der Waals surface area contributed by atoms with E-state index >= 15 is 0 Å². The smallest absolute Gasteiger partial charge is 0.320 e. The molecule has 1 unspecified atom stereocenters. The topological polar surface area (TPSA) is 105 Å². The molecular weight excluding hydrogens is 394 g/mol. The van der Waals surface area contributed by atoms with E-state index < -0.39 is 12.0 Å². The van der Waals surface area contributed by atoms with E-state index in [1.807, 2.05) is 24.3 Å². The largest absolute Gasteiger partial charge is 0.497 e. The van der Waals surface area contributed by atoms with Crippen LogP contribution in [-0.2, 0) is 11.3 Å². The maximum absolute atomic E-state index is 12.8. The third-order valence-electron chi connectivity index (χ3n) is 5.81. The first-order chi connectivity index (χ1) is 15.0. The zero-order chi connectivity index (χ0) is 22.2. The highest BCUT2D eigenvalue weighted by Crippen LogP contribution is 2.28. The summed E-state index contributed by atoms with van der Waals surface area (Å²) in [5.74, 6) is 0.0845. The summed E-state index contributed by atoms with van der Waals surface area (Å²) >= 11 is 0. The standard InChI is InChI=1S/C24H31N3O4/c1-31-20-10-5-9-18(14-20)23(28)26-22-11-3-2-8-19(22)16-27(15-17-6-4-7-17)13-12-21(25)24(29)30/h2-3,5,8-11,14,17,21H,4,6-7,12-13,15-16,25H2,1H3,(H,26,28)(H,29,30). The van der Waals surface area contributed by atoms with Gasteiger partial charge in [0.05, 0.1) is 7.11 Å². The highest BCUT2D eigenvalue weighted by atomic mass is 16.5. The Morgan fingerprint density at radius 3 is 2.68 bits per heavy atom. The first-order valence-corrected chi connectivity index (χ1v) is 10.7. The highest BCUT2D eigenvalue weighted by Gasteiger charge is 2.23. The molecule has 0 radical (unpaired) electrons. The molecular formula is C24H31N3O4. The van der Waals surface area contributed by atoms with Crippen molar-refractivity contribution in [2.75, 3.05) is 25.5 Å². The molecule has 1 saturated carbocycles. The van der Waals surface area contributed by atoms with Gasteiger partial charge in [-0.25, -0.2) is 0 Å². The van der Waals surface area contributed by atoms with E-state index in [2.05, 4.69) is 10.2 Å². The minimum atomic E-state index is -0.977. The van der Waals surface area contributed by atoms with E-state index in [0.717, 1.165) is 17.8 Å². The Balaban J connectivity index is 1.71.